The van der Waals surface area contributed by atoms with Crippen molar-refractivity contribution in [1.29, 1.82) is 0 Å². The van der Waals surface area contributed by atoms with Gasteiger partial charge in [0.15, 0.2) is 5.96 Å². The standard InChI is InChI=1S/C16H28N8O8.C5H10O2S2.2C2H4O2.C2H6/c17-5-10(25)23-8(2-1-3-20-16(18)19)14(31)21-6-11(26)24-9(4-12(27)28)15(32)22-7-13(29)30;1-5(9-8-2)3-7-4-6;2*1-2(3)4;1-2/h8-9H,1-7,17H2,(H,21,31)(H,22,32)(H,23,25)(H,24,26)(H,27,28)(H,29,30)(H4,18,19,20);4-5H,3H2,1-2H3;2*1H3,(H,3,4);1-2H3. The normalized spacial score (nSPS) is 10.8. The van der Waals surface area contributed by atoms with Gasteiger partial charge in [-0.3, -0.25) is 48.1 Å². The van der Waals surface area contributed by atoms with Crippen LogP contribution in [-0.4, -0.2) is 137 Å². The van der Waals surface area contributed by atoms with Crippen LogP contribution in [0.25, 0.3) is 0 Å². The van der Waals surface area contributed by atoms with Crippen LogP contribution in [-0.2, 0) is 47.9 Å². The van der Waals surface area contributed by atoms with Crippen molar-refractivity contribution in [3.8, 4) is 0 Å². The van der Waals surface area contributed by atoms with E-state index < -0.39 is 79.1 Å². The minimum Gasteiger partial charge on any atom is -0.481 e. The maximum absolute atomic E-state index is 12.3. The van der Waals surface area contributed by atoms with Gasteiger partial charge in [-0.25, -0.2) is 0 Å². The Kier molecular flexibility index (Phi) is 41.4. The molecule has 296 valence electrons. The highest BCUT2D eigenvalue weighted by molar-refractivity contribution is 8.76. The fraction of sp³-hybridized carbons (Fsp3) is 0.630. The van der Waals surface area contributed by atoms with E-state index in [-0.39, 0.29) is 25.5 Å². The number of guanidine groups is 1. The first kappa shape index (κ1) is 55.6. The summed E-state index contributed by atoms with van der Waals surface area (Å²) in [5.41, 5.74) is 15.6. The second-order valence-corrected chi connectivity index (χ2v) is 11.8. The predicted octanol–water partition coefficient (Wildman–Crippen LogP) is -2.47. The molecule has 14 N–H and O–H groups in total. The van der Waals surface area contributed by atoms with Crippen LogP contribution in [0.1, 0.15) is 53.9 Å². The molecule has 0 heterocycles. The lowest BCUT2D eigenvalue weighted by molar-refractivity contribution is -0.141. The molecule has 3 atom stereocenters. The first-order chi connectivity index (χ1) is 23.7. The van der Waals surface area contributed by atoms with Gasteiger partial charge in [0.25, 0.3) is 18.4 Å². The zero-order valence-electron chi connectivity index (χ0n) is 29.3. The molecule has 51 heavy (non-hydrogen) atoms. The van der Waals surface area contributed by atoms with Crippen LogP contribution in [0.3, 0.4) is 0 Å². The number of carboxylic acids is 4. The average molecular weight is 777 g/mol. The molecule has 0 aliphatic carbocycles. The molecule has 0 radical (unpaired) electrons. The van der Waals surface area contributed by atoms with Crippen LogP contribution in [0.15, 0.2) is 4.99 Å². The van der Waals surface area contributed by atoms with Crippen LogP contribution in [0.5, 0.6) is 0 Å². The highest BCUT2D eigenvalue weighted by Gasteiger charge is 2.25. The van der Waals surface area contributed by atoms with E-state index in [1.807, 2.05) is 32.3 Å². The number of hydrogen-bond donors (Lipinski definition) is 11. The number of aliphatic carboxylic acids is 4. The molecule has 0 aliphatic heterocycles. The number of aliphatic imine (C=N–C) groups is 1. The first-order valence-electron chi connectivity index (χ1n) is 14.7. The maximum Gasteiger partial charge on any atom is 0.322 e. The second kappa shape index (κ2) is 38.0. The Labute approximate surface area is 303 Å². The smallest absolute Gasteiger partial charge is 0.322 e. The van der Waals surface area contributed by atoms with Gasteiger partial charge in [-0.05, 0) is 26.0 Å². The largest absolute Gasteiger partial charge is 0.481 e. The number of amides is 4. The molecule has 0 aliphatic rings. The summed E-state index contributed by atoms with van der Waals surface area (Å²) in [5.74, 6) is -7.89. The zero-order chi connectivity index (χ0) is 40.9. The minimum atomic E-state index is -1.57. The summed E-state index contributed by atoms with van der Waals surface area (Å²) in [6, 6.07) is -2.62. The molecule has 24 heteroatoms. The number of carbonyl (C=O) groups excluding carboxylic acids is 5. The van der Waals surface area contributed by atoms with Gasteiger partial charge in [0, 0.05) is 25.6 Å². The van der Waals surface area contributed by atoms with E-state index in [0.29, 0.717) is 24.7 Å². The summed E-state index contributed by atoms with van der Waals surface area (Å²) in [6.45, 7) is 7.57. The fourth-order valence-electron chi connectivity index (χ4n) is 2.60. The Morgan fingerprint density at radius 1 is 0.824 bits per heavy atom. The van der Waals surface area contributed by atoms with Crippen LogP contribution in [0, 0.1) is 0 Å². The monoisotopic (exact) mass is 776 g/mol. The Morgan fingerprint density at radius 2 is 1.29 bits per heavy atom. The van der Waals surface area contributed by atoms with Gasteiger partial charge in [0.05, 0.1) is 19.5 Å². The number of carboxylic acid groups (broad SMARTS) is 4. The van der Waals surface area contributed by atoms with Gasteiger partial charge in [-0.1, -0.05) is 35.4 Å². The Hall–Kier alpha value is -4.84. The predicted molar refractivity (Wildman–Crippen MR) is 189 cm³/mol. The fourth-order valence-corrected chi connectivity index (χ4v) is 4.21. The van der Waals surface area contributed by atoms with Gasteiger partial charge in [-0.15, -0.1) is 0 Å². The highest BCUT2D eigenvalue weighted by Crippen LogP contribution is 2.22. The van der Waals surface area contributed by atoms with E-state index in [0.717, 1.165) is 13.8 Å². The second-order valence-electron chi connectivity index (χ2n) is 8.86. The number of nitrogens with zero attached hydrogens (tertiary/aromatic N) is 1. The van der Waals surface area contributed by atoms with E-state index in [2.05, 4.69) is 25.7 Å². The van der Waals surface area contributed by atoms with E-state index in [1.165, 1.54) is 0 Å². The number of carbonyl (C=O) groups is 9. The van der Waals surface area contributed by atoms with Gasteiger partial charge in [-0.2, -0.15) is 0 Å². The molecule has 22 nitrogen and oxygen atoms in total. The van der Waals surface area contributed by atoms with Crippen molar-refractivity contribution < 1.29 is 68.3 Å². The van der Waals surface area contributed by atoms with Gasteiger partial charge < -0.3 is 63.6 Å². The van der Waals surface area contributed by atoms with Crippen LogP contribution in [0.2, 0.25) is 0 Å². The molecular weight excluding hydrogens is 724 g/mol. The summed E-state index contributed by atoms with van der Waals surface area (Å²) >= 11 is 0. The third-order valence-corrected chi connectivity index (χ3v) is 6.53. The maximum atomic E-state index is 12.3. The first-order valence-corrected chi connectivity index (χ1v) is 17.3. The third-order valence-electron chi connectivity index (χ3n) is 4.31. The van der Waals surface area contributed by atoms with Crippen molar-refractivity contribution in [2.24, 2.45) is 22.2 Å². The third kappa shape index (κ3) is 49.7. The molecule has 0 fully saturated rings. The van der Waals surface area contributed by atoms with Gasteiger partial charge >= 0.3 is 11.9 Å². The lowest BCUT2D eigenvalue weighted by Gasteiger charge is -2.19. The average Bonchev–Trinajstić information content (AvgIpc) is 3.03. The topological polar surface area (TPSA) is 382 Å². The lowest BCUT2D eigenvalue weighted by atomic mass is 10.1. The number of ether oxygens (including phenoxy) is 1. The molecule has 0 aromatic carbocycles. The molecule has 3 unspecified atom stereocenters. The lowest BCUT2D eigenvalue weighted by Crippen LogP contribution is -2.53. The van der Waals surface area contributed by atoms with Gasteiger partial charge in [0.1, 0.15) is 25.2 Å². The van der Waals surface area contributed by atoms with E-state index in [1.54, 1.807) is 21.6 Å². The van der Waals surface area contributed by atoms with Crippen molar-refractivity contribution in [3.63, 3.8) is 0 Å². The number of hydrogen-bond acceptors (Lipinski definition) is 14. The molecule has 0 bridgehead atoms. The van der Waals surface area contributed by atoms with Crippen LogP contribution in [0.4, 0.5) is 0 Å². The molecule has 0 rings (SSSR count). The van der Waals surface area contributed by atoms with Crippen LogP contribution >= 0.6 is 21.6 Å². The van der Waals surface area contributed by atoms with E-state index in [4.69, 9.17) is 47.2 Å². The molecule has 0 spiro atoms. The highest BCUT2D eigenvalue weighted by atomic mass is 33.1. The minimum absolute atomic E-state index is 0.120. The molecule has 0 aromatic heterocycles. The Morgan fingerprint density at radius 3 is 1.71 bits per heavy atom. The molecule has 0 saturated heterocycles. The van der Waals surface area contributed by atoms with Crippen molar-refractivity contribution in [1.82, 2.24) is 21.3 Å². The van der Waals surface area contributed by atoms with Crippen molar-refractivity contribution >= 4 is 81.5 Å². The zero-order valence-corrected chi connectivity index (χ0v) is 31.0. The molecule has 4 amide bonds. The summed E-state index contributed by atoms with van der Waals surface area (Å²) in [4.78, 5) is 101. The quantitative estimate of drug-likeness (QED) is 0.0200. The Bertz CT molecular complexity index is 1080. The number of rotatable bonds is 20. The van der Waals surface area contributed by atoms with Crippen molar-refractivity contribution in [2.45, 2.75) is 71.2 Å². The van der Waals surface area contributed by atoms with E-state index >= 15 is 0 Å². The van der Waals surface area contributed by atoms with Crippen molar-refractivity contribution in [3.05, 3.63) is 0 Å². The molecular formula is C27H52N8O14S2. The van der Waals surface area contributed by atoms with Crippen molar-refractivity contribution in [2.75, 3.05) is 39.0 Å². The number of nitrogens with one attached hydrogen (secondary N) is 4. The number of nitrogens with two attached hydrogens (primary N) is 3. The van der Waals surface area contributed by atoms with Gasteiger partial charge in [0.2, 0.25) is 23.6 Å². The summed E-state index contributed by atoms with van der Waals surface area (Å²) in [5, 5.41) is 41.3. The Balaban J connectivity index is -0.000000302. The summed E-state index contributed by atoms with van der Waals surface area (Å²) < 4.78 is 4.53. The van der Waals surface area contributed by atoms with Crippen LogP contribution < -0.4 is 38.5 Å². The van der Waals surface area contributed by atoms with E-state index in [9.17, 15) is 33.6 Å². The molecule has 0 saturated carbocycles. The summed E-state index contributed by atoms with van der Waals surface area (Å²) in [7, 11) is 3.38. The molecule has 0 aromatic rings. The SMILES string of the molecule is CC.CC(=O)O.CC(=O)O.CSSC(C)COC=O.NCC(=O)NC(CCCN=C(N)N)C(=O)NCC(=O)NC(CC(=O)O)C(=O)NCC(=O)O. The summed E-state index contributed by atoms with van der Waals surface area (Å²) in [6.07, 6.45) is 1.62.